The molecule has 0 fully saturated rings. The summed E-state index contributed by atoms with van der Waals surface area (Å²) in [5.41, 5.74) is 0.0278. The number of hydrogen-bond donors (Lipinski definition) is 1. The van der Waals surface area contributed by atoms with E-state index < -0.39 is 17.3 Å². The summed E-state index contributed by atoms with van der Waals surface area (Å²) < 4.78 is 18.5. The molecule has 2 aromatic rings. The Morgan fingerprint density at radius 3 is 2.65 bits per heavy atom. The summed E-state index contributed by atoms with van der Waals surface area (Å²) in [4.78, 5) is 10.0. The smallest absolute Gasteiger partial charge is 0.288 e. The minimum Gasteiger partial charge on any atom is -0.457 e. The maximum atomic E-state index is 13.0. The first-order valence-corrected chi connectivity index (χ1v) is 5.90. The third kappa shape index (κ3) is 3.04. The SMILES string of the molecule is O=[N+]([O-])c1ccc(Oc2ccc(F)cc2CO)cc1Cl. The first-order valence-electron chi connectivity index (χ1n) is 5.52. The van der Waals surface area contributed by atoms with Crippen molar-refractivity contribution in [3.8, 4) is 11.5 Å². The molecule has 104 valence electrons. The first-order chi connectivity index (χ1) is 9.51. The third-order valence-corrected chi connectivity index (χ3v) is 2.84. The largest absolute Gasteiger partial charge is 0.457 e. The fourth-order valence-electron chi connectivity index (χ4n) is 1.60. The standard InChI is InChI=1S/C13H9ClFNO4/c14-11-6-10(2-3-12(11)16(18)19)20-13-4-1-9(15)5-8(13)7-17/h1-6,17H,7H2. The van der Waals surface area contributed by atoms with Crippen LogP contribution in [0, 0.1) is 15.9 Å². The number of nitro benzene ring substituents is 1. The van der Waals surface area contributed by atoms with Gasteiger partial charge in [0.25, 0.3) is 5.69 Å². The fraction of sp³-hybridized carbons (Fsp3) is 0.0769. The van der Waals surface area contributed by atoms with Gasteiger partial charge >= 0.3 is 0 Å². The van der Waals surface area contributed by atoms with Crippen molar-refractivity contribution in [2.24, 2.45) is 0 Å². The van der Waals surface area contributed by atoms with E-state index in [0.717, 1.165) is 6.07 Å². The molecule has 20 heavy (non-hydrogen) atoms. The second kappa shape index (κ2) is 5.85. The number of nitrogens with zero attached hydrogens (tertiary/aromatic N) is 1. The van der Waals surface area contributed by atoms with Crippen molar-refractivity contribution in [3.63, 3.8) is 0 Å². The number of aliphatic hydroxyl groups is 1. The van der Waals surface area contributed by atoms with Crippen LogP contribution in [0.1, 0.15) is 5.56 Å². The molecule has 0 amide bonds. The van der Waals surface area contributed by atoms with E-state index in [1.54, 1.807) is 0 Å². The highest BCUT2D eigenvalue weighted by atomic mass is 35.5. The van der Waals surface area contributed by atoms with Crippen molar-refractivity contribution in [1.82, 2.24) is 0 Å². The van der Waals surface area contributed by atoms with Crippen LogP contribution in [0.4, 0.5) is 10.1 Å². The van der Waals surface area contributed by atoms with E-state index in [1.165, 1.54) is 30.3 Å². The van der Waals surface area contributed by atoms with Crippen LogP contribution in [0.25, 0.3) is 0 Å². The number of aliphatic hydroxyl groups excluding tert-OH is 1. The van der Waals surface area contributed by atoms with Gasteiger partial charge in [0.05, 0.1) is 11.5 Å². The molecule has 2 rings (SSSR count). The van der Waals surface area contributed by atoms with Gasteiger partial charge in [-0.05, 0) is 24.3 Å². The number of benzene rings is 2. The monoisotopic (exact) mass is 297 g/mol. The van der Waals surface area contributed by atoms with E-state index in [-0.39, 0.29) is 27.8 Å². The predicted molar refractivity (Wildman–Crippen MR) is 70.5 cm³/mol. The molecule has 0 spiro atoms. The van der Waals surface area contributed by atoms with Gasteiger partial charge in [-0.3, -0.25) is 10.1 Å². The molecule has 2 aromatic carbocycles. The molecule has 0 atom stereocenters. The molecule has 0 aromatic heterocycles. The summed E-state index contributed by atoms with van der Waals surface area (Å²) in [5, 5.41) is 19.7. The Balaban J connectivity index is 2.31. The van der Waals surface area contributed by atoms with Crippen LogP contribution >= 0.6 is 11.6 Å². The molecule has 0 saturated carbocycles. The summed E-state index contributed by atoms with van der Waals surface area (Å²) in [6, 6.07) is 7.54. The zero-order valence-corrected chi connectivity index (χ0v) is 10.8. The Morgan fingerprint density at radius 2 is 2.05 bits per heavy atom. The Hall–Kier alpha value is -2.18. The highest BCUT2D eigenvalue weighted by molar-refractivity contribution is 6.32. The zero-order valence-electron chi connectivity index (χ0n) is 10.0. The number of rotatable bonds is 4. The minimum atomic E-state index is -0.608. The van der Waals surface area contributed by atoms with E-state index in [4.69, 9.17) is 21.4 Å². The highest BCUT2D eigenvalue weighted by Gasteiger charge is 2.13. The van der Waals surface area contributed by atoms with Crippen molar-refractivity contribution < 1.29 is 19.2 Å². The van der Waals surface area contributed by atoms with Crippen LogP contribution < -0.4 is 4.74 Å². The van der Waals surface area contributed by atoms with Crippen LogP contribution in [-0.2, 0) is 6.61 Å². The second-order valence-corrected chi connectivity index (χ2v) is 4.29. The normalized spacial score (nSPS) is 10.3. The Morgan fingerprint density at radius 1 is 1.30 bits per heavy atom. The van der Waals surface area contributed by atoms with Crippen LogP contribution in [0.2, 0.25) is 5.02 Å². The first kappa shape index (κ1) is 14.2. The Bertz CT molecular complexity index is 663. The number of hydrogen-bond acceptors (Lipinski definition) is 4. The van der Waals surface area contributed by atoms with E-state index in [2.05, 4.69) is 0 Å². The van der Waals surface area contributed by atoms with Crippen LogP contribution in [0.5, 0.6) is 11.5 Å². The van der Waals surface area contributed by atoms with E-state index in [9.17, 15) is 14.5 Å². The Labute approximate surface area is 118 Å². The van der Waals surface area contributed by atoms with Gasteiger partial charge in [-0.2, -0.15) is 0 Å². The molecule has 0 unspecified atom stereocenters. The average molecular weight is 298 g/mol. The van der Waals surface area contributed by atoms with Gasteiger partial charge in [-0.25, -0.2) is 4.39 Å². The lowest BCUT2D eigenvalue weighted by Gasteiger charge is -2.10. The summed E-state index contributed by atoms with van der Waals surface area (Å²) in [6.07, 6.45) is 0. The average Bonchev–Trinajstić information content (AvgIpc) is 2.40. The molecular weight excluding hydrogens is 289 g/mol. The molecule has 7 heteroatoms. The van der Waals surface area contributed by atoms with Gasteiger partial charge in [-0.15, -0.1) is 0 Å². The van der Waals surface area contributed by atoms with Crippen molar-refractivity contribution in [2.45, 2.75) is 6.61 Å². The van der Waals surface area contributed by atoms with Crippen molar-refractivity contribution in [1.29, 1.82) is 0 Å². The summed E-state index contributed by atoms with van der Waals surface area (Å²) in [7, 11) is 0. The summed E-state index contributed by atoms with van der Waals surface area (Å²) >= 11 is 5.76. The molecule has 0 bridgehead atoms. The van der Waals surface area contributed by atoms with E-state index in [1.807, 2.05) is 0 Å². The highest BCUT2D eigenvalue weighted by Crippen LogP contribution is 2.32. The molecule has 0 aliphatic carbocycles. The quantitative estimate of drug-likeness (QED) is 0.690. The Kier molecular flexibility index (Phi) is 4.16. The molecule has 0 radical (unpaired) electrons. The minimum absolute atomic E-state index is 0.0693. The topological polar surface area (TPSA) is 72.6 Å². The number of nitro groups is 1. The van der Waals surface area contributed by atoms with Crippen LogP contribution in [-0.4, -0.2) is 10.0 Å². The lowest BCUT2D eigenvalue weighted by Crippen LogP contribution is -1.94. The summed E-state index contributed by atoms with van der Waals surface area (Å²) in [5.74, 6) is 0.00357. The molecule has 5 nitrogen and oxygen atoms in total. The second-order valence-electron chi connectivity index (χ2n) is 3.88. The van der Waals surface area contributed by atoms with Crippen molar-refractivity contribution in [3.05, 3.63) is 62.9 Å². The third-order valence-electron chi connectivity index (χ3n) is 2.54. The van der Waals surface area contributed by atoms with Crippen molar-refractivity contribution in [2.75, 3.05) is 0 Å². The maximum Gasteiger partial charge on any atom is 0.288 e. The zero-order chi connectivity index (χ0) is 14.7. The molecule has 0 aliphatic heterocycles. The van der Waals surface area contributed by atoms with Gasteiger partial charge in [0.1, 0.15) is 22.3 Å². The lowest BCUT2D eigenvalue weighted by molar-refractivity contribution is -0.384. The molecule has 0 saturated heterocycles. The molecule has 1 N–H and O–H groups in total. The van der Waals surface area contributed by atoms with Gasteiger partial charge in [0.15, 0.2) is 0 Å². The molecule has 0 aliphatic rings. The van der Waals surface area contributed by atoms with Crippen LogP contribution in [0.15, 0.2) is 36.4 Å². The van der Waals surface area contributed by atoms with Gasteiger partial charge in [0, 0.05) is 17.7 Å². The van der Waals surface area contributed by atoms with Crippen molar-refractivity contribution >= 4 is 17.3 Å². The van der Waals surface area contributed by atoms with Gasteiger partial charge in [0.2, 0.25) is 0 Å². The molecular formula is C13H9ClFNO4. The predicted octanol–water partition coefficient (Wildman–Crippen LogP) is 3.67. The van der Waals surface area contributed by atoms with Gasteiger partial charge in [-0.1, -0.05) is 11.6 Å². The maximum absolute atomic E-state index is 13.0. The van der Waals surface area contributed by atoms with E-state index in [0.29, 0.717) is 0 Å². The number of halogens is 2. The lowest BCUT2D eigenvalue weighted by atomic mass is 10.2. The fourth-order valence-corrected chi connectivity index (χ4v) is 1.84. The number of ether oxygens (including phenoxy) is 1. The molecule has 0 heterocycles. The van der Waals surface area contributed by atoms with Crippen LogP contribution in [0.3, 0.4) is 0 Å². The van der Waals surface area contributed by atoms with Gasteiger partial charge < -0.3 is 9.84 Å². The van der Waals surface area contributed by atoms with E-state index >= 15 is 0 Å². The summed E-state index contributed by atoms with van der Waals surface area (Å²) in [6.45, 7) is -0.395.